The molecule has 5 aliphatic heterocycles. The highest BCUT2D eigenvalue weighted by Crippen LogP contribution is 2.69. The van der Waals surface area contributed by atoms with E-state index in [0.29, 0.717) is 12.0 Å². The van der Waals surface area contributed by atoms with Gasteiger partial charge in [0.2, 0.25) is 0 Å². The Morgan fingerprint density at radius 1 is 1.36 bits per heavy atom. The number of hydrogen-bond acceptors (Lipinski definition) is 5. The van der Waals surface area contributed by atoms with Crippen LogP contribution in [0.4, 0.5) is 5.69 Å². The number of rotatable bonds is 3. The molecule has 5 heterocycles. The lowest BCUT2D eigenvalue weighted by Crippen LogP contribution is -2.72. The molecule has 5 bridgehead atoms. The first-order valence-corrected chi connectivity index (χ1v) is 11.1. The molecule has 150 valence electrons. The number of alkyl halides is 1. The highest BCUT2D eigenvalue weighted by Gasteiger charge is 2.77. The summed E-state index contributed by atoms with van der Waals surface area (Å²) < 4.78 is 6.19. The summed E-state index contributed by atoms with van der Waals surface area (Å²) in [7, 11) is 2.17. The summed E-state index contributed by atoms with van der Waals surface area (Å²) in [5.74, 6) is 0.510. The molecule has 5 nitrogen and oxygen atoms in total. The predicted octanol–water partition coefficient (Wildman–Crippen LogP) is 2.34. The quantitative estimate of drug-likeness (QED) is 0.621. The summed E-state index contributed by atoms with van der Waals surface area (Å²) in [6, 6.07) is 9.40. The van der Waals surface area contributed by atoms with Crippen molar-refractivity contribution in [1.29, 1.82) is 0 Å². The van der Waals surface area contributed by atoms with Gasteiger partial charge in [-0.2, -0.15) is 0 Å². The van der Waals surface area contributed by atoms with Gasteiger partial charge in [0.25, 0.3) is 0 Å². The Morgan fingerprint density at radius 3 is 2.89 bits per heavy atom. The summed E-state index contributed by atoms with van der Waals surface area (Å²) in [4.78, 5) is 17.2. The highest BCUT2D eigenvalue weighted by molar-refractivity contribution is 6.26. The number of halogens is 1. The van der Waals surface area contributed by atoms with Gasteiger partial charge in [0.05, 0.1) is 11.5 Å². The molecule has 6 heteroatoms. The summed E-state index contributed by atoms with van der Waals surface area (Å²) in [6.07, 6.45) is 2.44. The van der Waals surface area contributed by atoms with Crippen molar-refractivity contribution < 1.29 is 14.6 Å². The minimum atomic E-state index is -0.382. The zero-order valence-corrected chi connectivity index (χ0v) is 17.0. The van der Waals surface area contributed by atoms with Crippen molar-refractivity contribution in [3.8, 4) is 0 Å². The predicted molar refractivity (Wildman–Crippen MR) is 106 cm³/mol. The third-order valence-electron chi connectivity index (χ3n) is 8.79. The van der Waals surface area contributed by atoms with E-state index in [2.05, 4.69) is 48.0 Å². The van der Waals surface area contributed by atoms with E-state index < -0.39 is 0 Å². The van der Waals surface area contributed by atoms with Crippen molar-refractivity contribution in [2.24, 2.45) is 17.8 Å². The first-order chi connectivity index (χ1) is 13.5. The van der Waals surface area contributed by atoms with Crippen LogP contribution in [0.15, 0.2) is 24.3 Å². The number of fused-ring (bicyclic) bond motifs is 2. The van der Waals surface area contributed by atoms with E-state index in [4.69, 9.17) is 16.3 Å². The van der Waals surface area contributed by atoms with E-state index in [9.17, 15) is 9.90 Å². The first-order valence-electron chi connectivity index (χ1n) is 10.6. The minimum Gasteiger partial charge on any atom is -0.460 e. The number of piperidine rings is 4. The number of aliphatic hydroxyl groups excluding tert-OH is 1. The van der Waals surface area contributed by atoms with Crippen LogP contribution < -0.4 is 4.90 Å². The van der Waals surface area contributed by atoms with Crippen LogP contribution >= 0.6 is 11.6 Å². The second kappa shape index (κ2) is 5.65. The number of anilines is 1. The first kappa shape index (κ1) is 17.5. The van der Waals surface area contributed by atoms with E-state index in [1.54, 1.807) is 0 Å². The molecular formula is C22H27ClN2O3. The SMILES string of the molecule is CCC1C2CC3C4N(C)c5ccccc5[C@]45CC(C2C5OC(=O)CCl)N3C1O. The van der Waals surface area contributed by atoms with Crippen molar-refractivity contribution in [2.45, 2.75) is 62.1 Å². The number of likely N-dealkylation sites (N-methyl/N-ethyl adjacent to an activating group) is 1. The monoisotopic (exact) mass is 402 g/mol. The van der Waals surface area contributed by atoms with Gasteiger partial charge in [-0.25, -0.2) is 0 Å². The zero-order valence-electron chi connectivity index (χ0n) is 16.3. The van der Waals surface area contributed by atoms with E-state index in [1.165, 1.54) is 11.3 Å². The average Bonchev–Trinajstić information content (AvgIpc) is 3.10. The number of hydrogen-bond donors (Lipinski definition) is 1. The fourth-order valence-corrected chi connectivity index (χ4v) is 8.26. The van der Waals surface area contributed by atoms with Crippen LogP contribution in [0.2, 0.25) is 0 Å². The van der Waals surface area contributed by atoms with Crippen molar-refractivity contribution in [3.63, 3.8) is 0 Å². The Hall–Kier alpha value is -1.30. The molecule has 1 saturated carbocycles. The zero-order chi connectivity index (χ0) is 19.4. The molecule has 6 aliphatic rings. The van der Waals surface area contributed by atoms with Gasteiger partial charge in [0.1, 0.15) is 18.2 Å². The fraction of sp³-hybridized carbons (Fsp3) is 0.682. The molecule has 5 fully saturated rings. The molecule has 1 N–H and O–H groups in total. The Labute approximate surface area is 170 Å². The molecule has 0 aromatic heterocycles. The van der Waals surface area contributed by atoms with Gasteiger partial charge in [-0.15, -0.1) is 11.6 Å². The van der Waals surface area contributed by atoms with Gasteiger partial charge < -0.3 is 14.7 Å². The maximum absolute atomic E-state index is 12.4. The summed E-state index contributed by atoms with van der Waals surface area (Å²) in [5, 5.41) is 11.2. The van der Waals surface area contributed by atoms with E-state index in [-0.39, 0.29) is 53.5 Å². The average molecular weight is 403 g/mol. The van der Waals surface area contributed by atoms with Gasteiger partial charge in [-0.05, 0) is 36.8 Å². The van der Waals surface area contributed by atoms with E-state index >= 15 is 0 Å². The number of carbonyl (C=O) groups is 1. The standard InChI is InChI=1S/C22H27ClN2O3/c1-3-11-12-8-15-19-22(13-6-4-5-7-14(13)24(19)2)9-16(25(15)21(11)27)18(12)20(22)28-17(26)10-23/h4-7,11-12,15-16,18-21,27H,3,8-10H2,1-2H3/t11?,12?,15?,16?,18?,19?,20?,21?,22-/m1/s1. The lowest BCUT2D eigenvalue weighted by molar-refractivity contribution is -0.212. The number of nitrogens with zero attached hydrogens (tertiary/aromatic N) is 2. The molecule has 7 rings (SSSR count). The molecular weight excluding hydrogens is 376 g/mol. The maximum atomic E-state index is 12.4. The Bertz CT molecular complexity index is 849. The van der Waals surface area contributed by atoms with Crippen molar-refractivity contribution in [3.05, 3.63) is 29.8 Å². The maximum Gasteiger partial charge on any atom is 0.321 e. The van der Waals surface area contributed by atoms with Crippen molar-refractivity contribution in [1.82, 2.24) is 4.90 Å². The van der Waals surface area contributed by atoms with Crippen LogP contribution in [0.5, 0.6) is 0 Å². The molecule has 1 aliphatic carbocycles. The summed E-state index contributed by atoms with van der Waals surface area (Å²) in [5.41, 5.74) is 2.36. The van der Waals surface area contributed by atoms with Gasteiger partial charge in [-0.1, -0.05) is 25.1 Å². The van der Waals surface area contributed by atoms with Crippen LogP contribution in [-0.4, -0.2) is 59.4 Å². The molecule has 9 unspecified atom stereocenters. The van der Waals surface area contributed by atoms with Gasteiger partial charge >= 0.3 is 5.97 Å². The molecule has 0 radical (unpaired) electrons. The van der Waals surface area contributed by atoms with Crippen LogP contribution in [0.1, 0.15) is 31.7 Å². The largest absolute Gasteiger partial charge is 0.460 e. The topological polar surface area (TPSA) is 53.0 Å². The molecule has 28 heavy (non-hydrogen) atoms. The third-order valence-corrected chi connectivity index (χ3v) is 9.01. The minimum absolute atomic E-state index is 0.107. The van der Waals surface area contributed by atoms with Gasteiger partial charge in [0, 0.05) is 36.7 Å². The number of aliphatic hydroxyl groups is 1. The normalized spacial score (nSPS) is 49.3. The van der Waals surface area contributed by atoms with Crippen LogP contribution in [0.25, 0.3) is 0 Å². The van der Waals surface area contributed by atoms with E-state index in [0.717, 1.165) is 19.3 Å². The second-order valence-corrected chi connectivity index (χ2v) is 9.67. The Balaban J connectivity index is 1.57. The third kappa shape index (κ3) is 1.76. The number of benzene rings is 1. The Morgan fingerprint density at radius 2 is 2.14 bits per heavy atom. The number of para-hydroxylation sites is 1. The van der Waals surface area contributed by atoms with Crippen LogP contribution in [0, 0.1) is 17.8 Å². The molecule has 4 saturated heterocycles. The van der Waals surface area contributed by atoms with Gasteiger partial charge in [-0.3, -0.25) is 9.69 Å². The van der Waals surface area contributed by atoms with Crippen LogP contribution in [0.3, 0.4) is 0 Å². The number of esters is 1. The molecule has 1 spiro atoms. The van der Waals surface area contributed by atoms with Crippen molar-refractivity contribution >= 4 is 23.3 Å². The molecule has 1 aromatic rings. The molecule has 10 atom stereocenters. The Kier molecular flexibility index (Phi) is 3.54. The molecule has 1 aromatic carbocycles. The van der Waals surface area contributed by atoms with Crippen LogP contribution in [-0.2, 0) is 14.9 Å². The lowest BCUT2D eigenvalue weighted by Gasteiger charge is -2.62. The number of ether oxygens (including phenoxy) is 1. The molecule has 0 amide bonds. The van der Waals surface area contributed by atoms with Crippen molar-refractivity contribution in [2.75, 3.05) is 17.8 Å². The lowest BCUT2D eigenvalue weighted by atomic mass is 9.62. The summed E-state index contributed by atoms with van der Waals surface area (Å²) >= 11 is 5.87. The van der Waals surface area contributed by atoms with Gasteiger partial charge in [0.15, 0.2) is 0 Å². The number of carbonyl (C=O) groups excluding carboxylic acids is 1. The highest BCUT2D eigenvalue weighted by atomic mass is 35.5. The second-order valence-electron chi connectivity index (χ2n) is 9.41. The summed E-state index contributed by atoms with van der Waals surface area (Å²) in [6.45, 7) is 2.17. The smallest absolute Gasteiger partial charge is 0.321 e. The van der Waals surface area contributed by atoms with E-state index in [1.807, 2.05) is 0 Å². The fourth-order valence-electron chi connectivity index (χ4n) is 8.20.